The Morgan fingerprint density at radius 3 is 2.08 bits per heavy atom. The van der Waals surface area contributed by atoms with Crippen LogP contribution in [0, 0.1) is 0 Å². The van der Waals surface area contributed by atoms with Crippen LogP contribution < -0.4 is 0 Å². The number of allylic oxidation sites excluding steroid dienone is 1. The van der Waals surface area contributed by atoms with E-state index >= 15 is 0 Å². The molecule has 0 aliphatic carbocycles. The number of hydrogen-bond acceptors (Lipinski definition) is 3. The topological polar surface area (TPSA) is 38.7 Å². The van der Waals surface area contributed by atoms with Gasteiger partial charge >= 0.3 is 5.97 Å². The minimum Gasteiger partial charge on any atom is -0.407 e. The fourth-order valence-corrected chi connectivity index (χ4v) is 3.19. The van der Waals surface area contributed by atoms with Crippen molar-refractivity contribution in [2.24, 2.45) is 4.99 Å². The van der Waals surface area contributed by atoms with Crippen LogP contribution in [0.2, 0.25) is 10.0 Å². The van der Waals surface area contributed by atoms with E-state index in [1.54, 1.807) is 0 Å². The van der Waals surface area contributed by atoms with Gasteiger partial charge in [0.25, 0.3) is 0 Å². The summed E-state index contributed by atoms with van der Waals surface area (Å²) < 4.78 is 5.44. The molecule has 0 saturated carbocycles. The van der Waals surface area contributed by atoms with Gasteiger partial charge in [0.1, 0.15) is 0 Å². The van der Waals surface area contributed by atoms with Gasteiger partial charge < -0.3 is 4.74 Å². The molecule has 0 radical (unpaired) electrons. The predicted octanol–water partition coefficient (Wildman–Crippen LogP) is 5.54. The molecule has 2 heterocycles. The van der Waals surface area contributed by atoms with Gasteiger partial charge in [-0.2, -0.15) is 0 Å². The number of hydrogen-bond donors (Lipinski definition) is 0. The second-order valence-electron chi connectivity index (χ2n) is 5.83. The Labute approximate surface area is 155 Å². The van der Waals surface area contributed by atoms with Gasteiger partial charge in [0.05, 0.1) is 12.1 Å². The van der Waals surface area contributed by atoms with Crippen molar-refractivity contribution in [1.82, 2.24) is 0 Å². The van der Waals surface area contributed by atoms with E-state index in [1.165, 1.54) is 0 Å². The Kier molecular flexibility index (Phi) is 4.20. The van der Waals surface area contributed by atoms with Crippen LogP contribution in [0.3, 0.4) is 0 Å². The number of carbonyl (C=O) groups is 1. The van der Waals surface area contributed by atoms with Crippen molar-refractivity contribution in [2.45, 2.75) is 12.8 Å². The summed E-state index contributed by atoms with van der Waals surface area (Å²) >= 11 is 11.9. The number of carbonyl (C=O) groups excluding carboxylic acids is 1. The molecule has 0 atom stereocenters. The van der Waals surface area contributed by atoms with Crippen LogP contribution in [0.1, 0.15) is 24.0 Å². The maximum atomic E-state index is 12.0. The average Bonchev–Trinajstić information content (AvgIpc) is 2.94. The van der Waals surface area contributed by atoms with Crippen LogP contribution in [-0.2, 0) is 9.53 Å². The van der Waals surface area contributed by atoms with Gasteiger partial charge in [0.2, 0.25) is 5.90 Å². The summed E-state index contributed by atoms with van der Waals surface area (Å²) in [6, 6.07) is 15.0. The molecule has 4 rings (SSSR count). The summed E-state index contributed by atoms with van der Waals surface area (Å²) in [7, 11) is 0. The predicted molar refractivity (Wildman–Crippen MR) is 101 cm³/mol. The van der Waals surface area contributed by atoms with E-state index in [1.807, 2.05) is 54.6 Å². The van der Waals surface area contributed by atoms with Gasteiger partial charge in [-0.25, -0.2) is 4.99 Å². The van der Waals surface area contributed by atoms with Gasteiger partial charge in [-0.15, -0.1) is 0 Å². The normalized spacial score (nSPS) is 16.8. The number of ether oxygens (including phenoxy) is 1. The van der Waals surface area contributed by atoms with Gasteiger partial charge in [0.15, 0.2) is 0 Å². The van der Waals surface area contributed by atoms with Crippen molar-refractivity contribution in [3.63, 3.8) is 0 Å². The third-order valence-electron chi connectivity index (χ3n) is 4.18. The summed E-state index contributed by atoms with van der Waals surface area (Å²) in [5.41, 5.74) is 4.56. The highest BCUT2D eigenvalue weighted by Gasteiger charge is 2.27. The van der Waals surface area contributed by atoms with E-state index in [0.717, 1.165) is 28.0 Å². The monoisotopic (exact) mass is 369 g/mol. The third kappa shape index (κ3) is 3.26. The maximum Gasteiger partial charge on any atom is 0.312 e. The molecular weight excluding hydrogens is 357 g/mol. The van der Waals surface area contributed by atoms with Gasteiger partial charge in [-0.05, 0) is 47.9 Å². The van der Waals surface area contributed by atoms with Crippen LogP contribution in [0.15, 0.2) is 65.2 Å². The molecule has 2 aliphatic heterocycles. The van der Waals surface area contributed by atoms with E-state index < -0.39 is 0 Å². The summed E-state index contributed by atoms with van der Waals surface area (Å²) in [6.45, 7) is 0. The first-order valence-corrected chi connectivity index (χ1v) is 8.62. The quantitative estimate of drug-likeness (QED) is 0.652. The lowest BCUT2D eigenvalue weighted by molar-refractivity contribution is -0.135. The number of esters is 1. The second kappa shape index (κ2) is 6.51. The van der Waals surface area contributed by atoms with E-state index in [-0.39, 0.29) is 5.97 Å². The smallest absolute Gasteiger partial charge is 0.312 e. The zero-order valence-corrected chi connectivity index (χ0v) is 14.6. The highest BCUT2D eigenvalue weighted by Crippen LogP contribution is 2.36. The summed E-state index contributed by atoms with van der Waals surface area (Å²) in [4.78, 5) is 16.5. The highest BCUT2D eigenvalue weighted by molar-refractivity contribution is 6.31. The van der Waals surface area contributed by atoms with Gasteiger partial charge in [-0.1, -0.05) is 47.5 Å². The Morgan fingerprint density at radius 2 is 1.44 bits per heavy atom. The molecule has 124 valence electrons. The molecule has 2 aliphatic rings. The average molecular weight is 370 g/mol. The molecule has 0 N–H and O–H groups in total. The molecule has 25 heavy (non-hydrogen) atoms. The van der Waals surface area contributed by atoms with Crippen molar-refractivity contribution in [2.75, 3.05) is 0 Å². The largest absolute Gasteiger partial charge is 0.407 e. The van der Waals surface area contributed by atoms with Crippen molar-refractivity contribution in [3.8, 4) is 0 Å². The van der Waals surface area contributed by atoms with Crippen molar-refractivity contribution in [1.29, 1.82) is 0 Å². The molecule has 0 unspecified atom stereocenters. The second-order valence-corrected chi connectivity index (χ2v) is 6.70. The Morgan fingerprint density at radius 1 is 0.840 bits per heavy atom. The Bertz CT molecular complexity index is 939. The van der Waals surface area contributed by atoms with Crippen molar-refractivity contribution in [3.05, 3.63) is 81.4 Å². The fraction of sp³-hybridized carbons (Fsp3) is 0.100. The molecule has 0 fully saturated rings. The lowest BCUT2D eigenvalue weighted by Gasteiger charge is -2.07. The molecular formula is C20H13Cl2NO2. The lowest BCUT2D eigenvalue weighted by atomic mass is 9.96. The van der Waals surface area contributed by atoms with Gasteiger partial charge in [-0.3, -0.25) is 4.79 Å². The number of aliphatic imine (C=N–C) groups is 1. The molecule has 2 aromatic carbocycles. The molecule has 0 aromatic heterocycles. The molecule has 0 bridgehead atoms. The molecule has 2 aromatic rings. The number of halogens is 2. The Balaban J connectivity index is 1.83. The first-order chi connectivity index (χ1) is 12.1. The standard InChI is InChI=1S/C20H13Cl2NO2/c21-14-5-1-12(2-6-14)16-9-10-19(24)25-20-17(16)11-18(23-20)13-3-7-15(22)8-4-13/h1-8,11H,9-10H2. The number of benzene rings is 2. The van der Waals surface area contributed by atoms with Crippen molar-refractivity contribution >= 4 is 46.3 Å². The third-order valence-corrected chi connectivity index (χ3v) is 4.68. The number of fused-ring (bicyclic) bond motifs is 1. The molecule has 3 nitrogen and oxygen atoms in total. The van der Waals surface area contributed by atoms with Crippen LogP contribution in [0.4, 0.5) is 0 Å². The van der Waals surface area contributed by atoms with Crippen LogP contribution in [-0.4, -0.2) is 11.9 Å². The molecule has 0 amide bonds. The first-order valence-electron chi connectivity index (χ1n) is 7.86. The van der Waals surface area contributed by atoms with Crippen molar-refractivity contribution < 1.29 is 9.53 Å². The highest BCUT2D eigenvalue weighted by atomic mass is 35.5. The Hall–Kier alpha value is -2.36. The molecule has 0 spiro atoms. The van der Waals surface area contributed by atoms with Crippen LogP contribution >= 0.6 is 23.2 Å². The van der Waals surface area contributed by atoms with Crippen LogP contribution in [0.5, 0.6) is 0 Å². The fourth-order valence-electron chi connectivity index (χ4n) is 2.93. The molecule has 5 heteroatoms. The zero-order valence-electron chi connectivity index (χ0n) is 13.1. The minimum atomic E-state index is -0.272. The van der Waals surface area contributed by atoms with Crippen LogP contribution in [0.25, 0.3) is 11.3 Å². The first kappa shape index (κ1) is 16.1. The molecule has 0 saturated heterocycles. The number of nitrogens with zero attached hydrogens (tertiary/aromatic N) is 1. The lowest BCUT2D eigenvalue weighted by Crippen LogP contribution is -2.09. The van der Waals surface area contributed by atoms with E-state index in [4.69, 9.17) is 27.9 Å². The van der Waals surface area contributed by atoms with Gasteiger partial charge in [0, 0.05) is 21.2 Å². The van der Waals surface area contributed by atoms with E-state index in [0.29, 0.717) is 28.8 Å². The van der Waals surface area contributed by atoms with E-state index in [9.17, 15) is 4.79 Å². The summed E-state index contributed by atoms with van der Waals surface area (Å²) in [6.07, 6.45) is 2.88. The summed E-state index contributed by atoms with van der Waals surface area (Å²) in [5, 5.41) is 1.34. The zero-order chi connectivity index (χ0) is 17.4. The number of rotatable bonds is 2. The maximum absolute atomic E-state index is 12.0. The summed E-state index contributed by atoms with van der Waals surface area (Å²) in [5.74, 6) is 0.0865. The minimum absolute atomic E-state index is 0.272. The van der Waals surface area contributed by atoms with E-state index in [2.05, 4.69) is 4.99 Å². The SMILES string of the molecule is O=C1CCC(c2ccc(Cl)cc2)=C2C=C(c3ccc(Cl)cc3)N=C2O1.